The van der Waals surface area contributed by atoms with Crippen LogP contribution in [-0.2, 0) is 37.0 Å². The molecule has 2 saturated heterocycles. The molecule has 1 amide bonds. The van der Waals surface area contributed by atoms with Crippen LogP contribution in [0.1, 0.15) is 82.8 Å². The third-order valence-corrected chi connectivity index (χ3v) is 15.4. The molecule has 1 aliphatic carbocycles. The third-order valence-electron chi connectivity index (χ3n) is 11.0. The molecule has 0 spiro atoms. The van der Waals surface area contributed by atoms with E-state index in [0.29, 0.717) is 19.3 Å². The van der Waals surface area contributed by atoms with Crippen molar-refractivity contribution in [2.75, 3.05) is 41.5 Å². The van der Waals surface area contributed by atoms with E-state index in [-0.39, 0.29) is 81.4 Å². The molecule has 0 bridgehead atoms. The summed E-state index contributed by atoms with van der Waals surface area (Å²) in [7, 11) is -5.09. The van der Waals surface area contributed by atoms with Crippen LogP contribution < -0.4 is 28.2 Å². The molecule has 66 heavy (non-hydrogen) atoms. The molecule has 24 nitrogen and oxygen atoms in total. The maximum Gasteiger partial charge on any atom is 0.469 e. The van der Waals surface area contributed by atoms with Crippen LogP contribution in [0, 0.1) is 0 Å². The van der Waals surface area contributed by atoms with Gasteiger partial charge in [-0.25, -0.2) is 28.9 Å². The number of nitrogens with one attached hydrogen (secondary N) is 1. The minimum Gasteiger partial charge on any atom is -0.398 e. The number of aromatic nitrogens is 6. The molecular formula is C39H44N10O14P2S. The lowest BCUT2D eigenvalue weighted by atomic mass is 9.82. The van der Waals surface area contributed by atoms with Crippen LogP contribution in [0.25, 0.3) is 11.2 Å². The van der Waals surface area contributed by atoms with Gasteiger partial charge in [0.15, 0.2) is 23.0 Å². The topological polar surface area (TPSA) is 361 Å². The molecule has 350 valence electrons. The van der Waals surface area contributed by atoms with E-state index in [1.165, 1.54) is 41.6 Å². The maximum absolute atomic E-state index is 14.7. The summed E-state index contributed by atoms with van der Waals surface area (Å²) in [5.74, 6) is -1.05. The quantitative estimate of drug-likeness (QED) is 0.0369. The molecule has 5 heterocycles. The number of hydrogen-bond acceptors (Lipinski definition) is 20. The van der Waals surface area contributed by atoms with Crippen LogP contribution in [0.5, 0.6) is 0 Å². The van der Waals surface area contributed by atoms with Gasteiger partial charge in [0.1, 0.15) is 54.5 Å². The lowest BCUT2D eigenvalue weighted by Crippen LogP contribution is -2.30. The number of phosphoric acid groups is 1. The molecule has 8 rings (SSSR count). The number of ketones is 2. The fraction of sp³-hybridized carbons (Fsp3) is 0.385. The number of aliphatic hydroxyl groups is 1. The van der Waals surface area contributed by atoms with E-state index in [2.05, 4.69) is 25.3 Å². The van der Waals surface area contributed by atoms with Crippen molar-refractivity contribution in [2.45, 2.75) is 75.4 Å². The Labute approximate surface area is 378 Å². The number of benzene rings is 2. The van der Waals surface area contributed by atoms with Crippen LogP contribution in [0.2, 0.25) is 0 Å². The van der Waals surface area contributed by atoms with Crippen molar-refractivity contribution in [1.82, 2.24) is 29.1 Å². The first-order chi connectivity index (χ1) is 31.5. The molecule has 2 aliphatic heterocycles. The Morgan fingerprint density at radius 3 is 2.27 bits per heavy atom. The van der Waals surface area contributed by atoms with E-state index >= 15 is 0 Å². The number of imidazole rings is 1. The fourth-order valence-corrected chi connectivity index (χ4v) is 12.1. The van der Waals surface area contributed by atoms with Gasteiger partial charge in [-0.05, 0) is 42.4 Å². The first-order valence-corrected chi connectivity index (χ1v) is 25.1. The number of anilines is 4. The summed E-state index contributed by atoms with van der Waals surface area (Å²) >= 11 is 0.797. The van der Waals surface area contributed by atoms with Crippen molar-refractivity contribution < 1.29 is 61.5 Å². The molecule has 0 radical (unpaired) electrons. The van der Waals surface area contributed by atoms with E-state index < -0.39 is 87.9 Å². The van der Waals surface area contributed by atoms with E-state index in [1.54, 1.807) is 24.3 Å². The molecule has 1 unspecified atom stereocenters. The lowest BCUT2D eigenvalue weighted by Gasteiger charge is -2.26. The zero-order chi connectivity index (χ0) is 46.9. The summed E-state index contributed by atoms with van der Waals surface area (Å²) in [6.45, 7) is -5.47. The SMILES string of the molecule is Nc1ccn([C@H]2C[C@H](OP(=O)(OC[C@H]3O[C@@H](n4cnc5c(N)ncnc54)C[C@@H]3OP(=O)(O)O)SCCCCCC(=O)Nc3ccc(N)c4c3C(=O)c3ccccc3C4=O)[C@@H](CO)O2)c(=O)n1. The number of hydrogen-bond donors (Lipinski definition) is 7. The summed E-state index contributed by atoms with van der Waals surface area (Å²) in [5.41, 5.74) is 18.3. The van der Waals surface area contributed by atoms with Gasteiger partial charge in [0.05, 0.1) is 36.4 Å². The number of nitrogen functional groups attached to an aromatic ring is 3. The fourth-order valence-electron chi connectivity index (χ4n) is 7.91. The number of nitrogens with two attached hydrogens (primary N) is 3. The first-order valence-electron chi connectivity index (χ1n) is 20.4. The monoisotopic (exact) mass is 970 g/mol. The van der Waals surface area contributed by atoms with Crippen LogP contribution in [-0.4, -0.2) is 105 Å². The molecule has 0 saturated carbocycles. The van der Waals surface area contributed by atoms with E-state index in [9.17, 15) is 43.2 Å². The van der Waals surface area contributed by atoms with Gasteiger partial charge >= 0.3 is 20.3 Å². The number of rotatable bonds is 18. The number of carbonyl (C=O) groups is 3. The smallest absolute Gasteiger partial charge is 0.398 e. The van der Waals surface area contributed by atoms with E-state index in [1.807, 2.05) is 0 Å². The Morgan fingerprint density at radius 2 is 1.56 bits per heavy atom. The Morgan fingerprint density at radius 1 is 0.864 bits per heavy atom. The zero-order valence-electron chi connectivity index (χ0n) is 34.7. The maximum atomic E-state index is 14.7. The van der Waals surface area contributed by atoms with Gasteiger partial charge in [-0.15, -0.1) is 0 Å². The summed E-state index contributed by atoms with van der Waals surface area (Å²) < 4.78 is 58.7. The van der Waals surface area contributed by atoms with Crippen molar-refractivity contribution in [3.63, 3.8) is 0 Å². The van der Waals surface area contributed by atoms with Crippen molar-refractivity contribution >= 4 is 77.7 Å². The molecule has 2 fully saturated rings. The Bertz CT molecular complexity index is 2840. The average molecular weight is 971 g/mol. The van der Waals surface area contributed by atoms with Crippen molar-refractivity contribution in [1.29, 1.82) is 0 Å². The number of phosphoric ester groups is 1. The molecule has 3 aromatic heterocycles. The van der Waals surface area contributed by atoms with Gasteiger partial charge in [0, 0.05) is 48.0 Å². The minimum atomic E-state index is -5.09. The highest BCUT2D eigenvalue weighted by Gasteiger charge is 2.46. The number of aliphatic hydroxyl groups excluding tert-OH is 1. The van der Waals surface area contributed by atoms with Crippen molar-refractivity contribution in [3.05, 3.63) is 94.1 Å². The highest BCUT2D eigenvalue weighted by atomic mass is 32.7. The molecular weight excluding hydrogens is 926 g/mol. The number of nitrogens with zero attached hydrogens (tertiary/aromatic N) is 6. The molecule has 27 heteroatoms. The summed E-state index contributed by atoms with van der Waals surface area (Å²) in [6, 6.07) is 10.7. The molecule has 3 aliphatic rings. The molecule has 2 aromatic carbocycles. The summed E-state index contributed by atoms with van der Waals surface area (Å²) in [4.78, 5) is 88.2. The van der Waals surface area contributed by atoms with E-state index in [0.717, 1.165) is 15.9 Å². The number of unbranched alkanes of at least 4 members (excludes halogenated alkanes) is 2. The number of amides is 1. The van der Waals surface area contributed by atoms with Gasteiger partial charge in [0.25, 0.3) is 0 Å². The Kier molecular flexibility index (Phi) is 13.9. The summed E-state index contributed by atoms with van der Waals surface area (Å²) in [5, 5.41) is 13.0. The highest BCUT2D eigenvalue weighted by molar-refractivity contribution is 8.55. The predicted octanol–water partition coefficient (Wildman–Crippen LogP) is 3.09. The number of ether oxygens (including phenoxy) is 2. The standard InChI is InChI=1S/C39H44N10O14P2S/c40-22-9-10-23(33-32(22)35(52)20-6-3-4-7-21(20)36(33)53)46-29(51)8-2-1-5-13-66-65(58,63-24-14-30(60-26(24)16-50)48-12-11-28(41)47-39(48)54)59-17-27-25(62-64(55,56)57)15-31(61-27)49-19-45-34-37(42)43-18-44-38(34)49/h3-4,6-7,9-12,18-19,24-27,30-31,50H,1-2,5,8,13-17,40H2,(H,46,51)(H2,41,47,54)(H2,42,43,44)(H2,55,56,57)/t24-,25-,26+,27+,30+,31+,65?/m0/s1. The predicted molar refractivity (Wildman–Crippen MR) is 236 cm³/mol. The van der Waals surface area contributed by atoms with Gasteiger partial charge in [-0.3, -0.25) is 37.1 Å². The second-order valence-corrected chi connectivity index (χ2v) is 20.7. The van der Waals surface area contributed by atoms with E-state index in [4.69, 9.17) is 40.2 Å². The largest absolute Gasteiger partial charge is 0.469 e. The second kappa shape index (κ2) is 19.4. The molecule has 7 atom stereocenters. The Balaban J connectivity index is 0.934. The van der Waals surface area contributed by atoms with Gasteiger partial charge < -0.3 is 46.9 Å². The van der Waals surface area contributed by atoms with Crippen LogP contribution in [0.15, 0.2) is 66.1 Å². The number of carbonyl (C=O) groups excluding carboxylic acids is 3. The second-order valence-electron chi connectivity index (χ2n) is 15.4. The molecule has 5 aromatic rings. The highest BCUT2D eigenvalue weighted by Crippen LogP contribution is 2.63. The van der Waals surface area contributed by atoms with Gasteiger partial charge in [-0.2, -0.15) is 4.98 Å². The third kappa shape index (κ3) is 10.1. The zero-order valence-corrected chi connectivity index (χ0v) is 37.3. The van der Waals surface area contributed by atoms with Crippen LogP contribution in [0.4, 0.5) is 23.0 Å². The van der Waals surface area contributed by atoms with Crippen molar-refractivity contribution in [2.24, 2.45) is 0 Å². The minimum absolute atomic E-state index is 0.0203. The van der Waals surface area contributed by atoms with Crippen LogP contribution >= 0.6 is 26.0 Å². The number of fused-ring (bicyclic) bond motifs is 3. The van der Waals surface area contributed by atoms with Gasteiger partial charge in [-0.1, -0.05) is 30.7 Å². The lowest BCUT2D eigenvalue weighted by molar-refractivity contribution is -0.116. The summed E-state index contributed by atoms with van der Waals surface area (Å²) in [6.07, 6.45) is -1.67. The van der Waals surface area contributed by atoms with Crippen LogP contribution in [0.3, 0.4) is 0 Å². The van der Waals surface area contributed by atoms with Crippen molar-refractivity contribution in [3.8, 4) is 0 Å². The molecule has 10 N–H and O–H groups in total. The Hall–Kier alpha value is -5.43. The first kappa shape index (κ1) is 47.1. The normalized spacial score (nSPS) is 22.6. The average Bonchev–Trinajstić information content (AvgIpc) is 4.00. The van der Waals surface area contributed by atoms with Gasteiger partial charge in [0.2, 0.25) is 5.91 Å².